The molecule has 0 unspecified atom stereocenters. The smallest absolute Gasteiger partial charge is 0.257 e. The predicted molar refractivity (Wildman–Crippen MR) is 95.3 cm³/mol. The highest BCUT2D eigenvalue weighted by molar-refractivity contribution is 6.03. The number of carbonyl (C=O) groups is 2. The van der Waals surface area contributed by atoms with Gasteiger partial charge < -0.3 is 9.80 Å². The minimum Gasteiger partial charge on any atom is -0.330 e. The van der Waals surface area contributed by atoms with E-state index in [-0.39, 0.29) is 11.8 Å². The molecule has 0 aliphatic carbocycles. The number of rotatable bonds is 4. The zero-order chi connectivity index (χ0) is 17.8. The second kappa shape index (κ2) is 7.42. The van der Waals surface area contributed by atoms with Crippen molar-refractivity contribution in [2.75, 3.05) is 18.5 Å². The van der Waals surface area contributed by atoms with Crippen LogP contribution < -0.4 is 4.90 Å². The fourth-order valence-corrected chi connectivity index (χ4v) is 3.23. The quantitative estimate of drug-likeness (QED) is 0.858. The van der Waals surface area contributed by atoms with E-state index in [4.69, 9.17) is 0 Å². The third kappa shape index (κ3) is 3.38. The fourth-order valence-electron chi connectivity index (χ4n) is 3.23. The molecule has 25 heavy (non-hydrogen) atoms. The number of para-hydroxylation sites is 1. The maximum Gasteiger partial charge on any atom is 0.257 e. The van der Waals surface area contributed by atoms with Crippen molar-refractivity contribution < 1.29 is 9.59 Å². The van der Waals surface area contributed by atoms with Crippen LogP contribution in [0.3, 0.4) is 0 Å². The average Bonchev–Trinajstić information content (AvgIpc) is 2.67. The first kappa shape index (κ1) is 17.1. The van der Waals surface area contributed by atoms with Crippen molar-refractivity contribution in [3.05, 3.63) is 54.1 Å². The van der Waals surface area contributed by atoms with Crippen LogP contribution >= 0.6 is 0 Å². The van der Waals surface area contributed by atoms with Crippen LogP contribution in [-0.2, 0) is 11.2 Å². The number of aromatic nitrogens is 2. The van der Waals surface area contributed by atoms with Gasteiger partial charge in [-0.25, -0.2) is 9.97 Å². The number of carbonyl (C=O) groups excluding carboxylic acids is 2. The number of amides is 2. The molecule has 3 rings (SSSR count). The zero-order valence-corrected chi connectivity index (χ0v) is 14.6. The number of benzene rings is 1. The number of piperidine rings is 1. The molecule has 1 saturated heterocycles. The standard InChI is InChI=1S/C19H22N4O2/c1-3-16-15(12-20-13-21-16)18(24)22(2)17-10-7-11-23(19(17)25)14-8-5-4-6-9-14/h4-6,8-9,12-13,17H,3,7,10-11H2,1-2H3/t17-/m1/s1. The molecule has 1 aliphatic rings. The maximum atomic E-state index is 13.0. The molecule has 6 nitrogen and oxygen atoms in total. The Labute approximate surface area is 147 Å². The van der Waals surface area contributed by atoms with Crippen molar-refractivity contribution in [3.63, 3.8) is 0 Å². The second-order valence-electron chi connectivity index (χ2n) is 6.14. The summed E-state index contributed by atoms with van der Waals surface area (Å²) in [6, 6.07) is 9.12. The van der Waals surface area contributed by atoms with Crippen LogP contribution in [0.4, 0.5) is 5.69 Å². The summed E-state index contributed by atoms with van der Waals surface area (Å²) in [4.78, 5) is 37.3. The molecule has 2 amide bonds. The lowest BCUT2D eigenvalue weighted by Crippen LogP contribution is -2.53. The third-order valence-electron chi connectivity index (χ3n) is 4.63. The Morgan fingerprint density at radius 2 is 2.08 bits per heavy atom. The molecule has 1 aliphatic heterocycles. The first-order valence-corrected chi connectivity index (χ1v) is 8.56. The van der Waals surface area contributed by atoms with E-state index in [0.29, 0.717) is 30.6 Å². The van der Waals surface area contributed by atoms with Crippen molar-refractivity contribution in [2.24, 2.45) is 0 Å². The summed E-state index contributed by atoms with van der Waals surface area (Å²) in [5, 5.41) is 0. The molecular weight excluding hydrogens is 316 g/mol. The topological polar surface area (TPSA) is 66.4 Å². The predicted octanol–water partition coefficient (Wildman–Crippen LogP) is 2.31. The number of nitrogens with zero attached hydrogens (tertiary/aromatic N) is 4. The molecule has 1 aromatic heterocycles. The van der Waals surface area contributed by atoms with Gasteiger partial charge in [0.25, 0.3) is 5.91 Å². The van der Waals surface area contributed by atoms with E-state index in [1.807, 2.05) is 37.3 Å². The summed E-state index contributed by atoms with van der Waals surface area (Å²) >= 11 is 0. The van der Waals surface area contributed by atoms with E-state index in [9.17, 15) is 9.59 Å². The number of likely N-dealkylation sites (N-methyl/N-ethyl adjacent to an activating group) is 1. The molecule has 0 spiro atoms. The molecule has 0 bridgehead atoms. The van der Waals surface area contributed by atoms with Crippen LogP contribution in [0.5, 0.6) is 0 Å². The average molecular weight is 338 g/mol. The van der Waals surface area contributed by atoms with Crippen molar-refractivity contribution in [2.45, 2.75) is 32.2 Å². The highest BCUT2D eigenvalue weighted by atomic mass is 16.2. The summed E-state index contributed by atoms with van der Waals surface area (Å²) < 4.78 is 0. The van der Waals surface area contributed by atoms with Crippen LogP contribution in [0.1, 0.15) is 35.8 Å². The highest BCUT2D eigenvalue weighted by Gasteiger charge is 2.35. The fraction of sp³-hybridized carbons (Fsp3) is 0.368. The Kier molecular flexibility index (Phi) is 5.07. The minimum atomic E-state index is -0.466. The number of anilines is 1. The Hall–Kier alpha value is -2.76. The number of hydrogen-bond acceptors (Lipinski definition) is 4. The SMILES string of the molecule is CCc1ncncc1C(=O)N(C)[C@@H]1CCCN(c2ccccc2)C1=O. The van der Waals surface area contributed by atoms with Gasteiger partial charge in [-0.1, -0.05) is 25.1 Å². The Morgan fingerprint density at radius 3 is 2.80 bits per heavy atom. The molecule has 2 aromatic rings. The highest BCUT2D eigenvalue weighted by Crippen LogP contribution is 2.24. The van der Waals surface area contributed by atoms with E-state index in [1.165, 1.54) is 17.4 Å². The molecule has 1 fully saturated rings. The van der Waals surface area contributed by atoms with E-state index < -0.39 is 6.04 Å². The summed E-state index contributed by atoms with van der Waals surface area (Å²) in [6.07, 6.45) is 5.14. The summed E-state index contributed by atoms with van der Waals surface area (Å²) in [5.74, 6) is -0.242. The lowest BCUT2D eigenvalue weighted by atomic mass is 10.0. The summed E-state index contributed by atoms with van der Waals surface area (Å²) in [5.41, 5.74) is 2.04. The van der Waals surface area contributed by atoms with E-state index in [1.54, 1.807) is 11.9 Å². The monoisotopic (exact) mass is 338 g/mol. The first-order chi connectivity index (χ1) is 12.1. The molecule has 0 radical (unpaired) electrons. The van der Waals surface area contributed by atoms with Crippen LogP contribution in [-0.4, -0.2) is 46.3 Å². The maximum absolute atomic E-state index is 13.0. The molecular formula is C19H22N4O2. The van der Waals surface area contributed by atoms with Crippen LogP contribution in [0.15, 0.2) is 42.9 Å². The van der Waals surface area contributed by atoms with Gasteiger partial charge in [-0.2, -0.15) is 0 Å². The third-order valence-corrected chi connectivity index (χ3v) is 4.63. The van der Waals surface area contributed by atoms with Gasteiger partial charge in [0.1, 0.15) is 12.4 Å². The van der Waals surface area contributed by atoms with E-state index in [0.717, 1.165) is 12.1 Å². The van der Waals surface area contributed by atoms with Crippen molar-refractivity contribution in [1.82, 2.24) is 14.9 Å². The molecule has 0 N–H and O–H groups in total. The molecule has 6 heteroatoms. The van der Waals surface area contributed by atoms with Gasteiger partial charge in [-0.05, 0) is 31.4 Å². The van der Waals surface area contributed by atoms with Gasteiger partial charge in [0.15, 0.2) is 0 Å². The molecule has 1 atom stereocenters. The van der Waals surface area contributed by atoms with Crippen molar-refractivity contribution in [3.8, 4) is 0 Å². The molecule has 0 saturated carbocycles. The number of aryl methyl sites for hydroxylation is 1. The summed E-state index contributed by atoms with van der Waals surface area (Å²) in [6.45, 7) is 2.62. The van der Waals surface area contributed by atoms with Gasteiger partial charge in [-0.15, -0.1) is 0 Å². The lowest BCUT2D eigenvalue weighted by molar-refractivity contribution is -0.124. The van der Waals surface area contributed by atoms with Crippen molar-refractivity contribution in [1.29, 1.82) is 0 Å². The van der Waals surface area contributed by atoms with Gasteiger partial charge in [-0.3, -0.25) is 9.59 Å². The molecule has 2 heterocycles. The van der Waals surface area contributed by atoms with E-state index >= 15 is 0 Å². The first-order valence-electron chi connectivity index (χ1n) is 8.56. The van der Waals surface area contributed by atoms with Gasteiger partial charge in [0.2, 0.25) is 5.91 Å². The van der Waals surface area contributed by atoms with Crippen molar-refractivity contribution >= 4 is 17.5 Å². The van der Waals surface area contributed by atoms with Gasteiger partial charge >= 0.3 is 0 Å². The molecule has 1 aromatic carbocycles. The Balaban J connectivity index is 1.83. The second-order valence-corrected chi connectivity index (χ2v) is 6.14. The Bertz CT molecular complexity index is 763. The van der Waals surface area contributed by atoms with Gasteiger partial charge in [0, 0.05) is 25.5 Å². The minimum absolute atomic E-state index is 0.0387. The van der Waals surface area contributed by atoms with Crippen LogP contribution in [0.2, 0.25) is 0 Å². The normalized spacial score (nSPS) is 17.4. The lowest BCUT2D eigenvalue weighted by Gasteiger charge is -2.37. The Morgan fingerprint density at radius 1 is 1.32 bits per heavy atom. The largest absolute Gasteiger partial charge is 0.330 e. The number of hydrogen-bond donors (Lipinski definition) is 0. The van der Waals surface area contributed by atoms with Crippen LogP contribution in [0, 0.1) is 0 Å². The summed E-state index contributed by atoms with van der Waals surface area (Å²) in [7, 11) is 1.69. The molecule has 130 valence electrons. The van der Waals surface area contributed by atoms with E-state index in [2.05, 4.69) is 9.97 Å². The zero-order valence-electron chi connectivity index (χ0n) is 14.6. The van der Waals surface area contributed by atoms with Crippen LogP contribution in [0.25, 0.3) is 0 Å². The van der Waals surface area contributed by atoms with Gasteiger partial charge in [0.05, 0.1) is 11.3 Å².